The summed E-state index contributed by atoms with van der Waals surface area (Å²) in [5.41, 5.74) is 1.98. The Morgan fingerprint density at radius 3 is 1.44 bits per heavy atom. The topological polar surface area (TPSA) is 18.5 Å². The lowest BCUT2D eigenvalue weighted by atomic mass is 10.1. The average molecular weight is 283 g/mol. The fourth-order valence-electron chi connectivity index (χ4n) is 1.68. The summed E-state index contributed by atoms with van der Waals surface area (Å²) < 4.78 is 10.4. The second-order valence-corrected chi connectivity index (χ2v) is 4.51. The fraction of sp³-hybridized carbons (Fsp3) is 0.143. The zero-order valence-electron chi connectivity index (χ0n) is 10.0. The Kier molecular flexibility index (Phi) is 4.00. The summed E-state index contributed by atoms with van der Waals surface area (Å²) >= 11 is 12.0. The van der Waals surface area contributed by atoms with Crippen molar-refractivity contribution in [2.24, 2.45) is 0 Å². The Bertz CT molecular complexity index is 516. The SMILES string of the molecule is COc1cc(-c2ccc(Cl)c(OC)c2)ccc1Cl. The van der Waals surface area contributed by atoms with Gasteiger partial charge in [-0.15, -0.1) is 0 Å². The van der Waals surface area contributed by atoms with Gasteiger partial charge in [0.25, 0.3) is 0 Å². The maximum atomic E-state index is 6.00. The average Bonchev–Trinajstić information content (AvgIpc) is 2.40. The van der Waals surface area contributed by atoms with Crippen LogP contribution >= 0.6 is 23.2 Å². The van der Waals surface area contributed by atoms with E-state index in [1.54, 1.807) is 26.4 Å². The smallest absolute Gasteiger partial charge is 0.138 e. The van der Waals surface area contributed by atoms with Gasteiger partial charge in [-0.2, -0.15) is 0 Å². The molecule has 0 aromatic heterocycles. The van der Waals surface area contributed by atoms with E-state index in [0.717, 1.165) is 11.1 Å². The molecule has 2 aromatic carbocycles. The van der Waals surface area contributed by atoms with E-state index in [1.165, 1.54) is 0 Å². The highest BCUT2D eigenvalue weighted by molar-refractivity contribution is 6.32. The highest BCUT2D eigenvalue weighted by Gasteiger charge is 2.07. The molecule has 2 nitrogen and oxygen atoms in total. The molecule has 0 fully saturated rings. The van der Waals surface area contributed by atoms with E-state index >= 15 is 0 Å². The number of ether oxygens (including phenoxy) is 2. The third kappa shape index (κ3) is 2.55. The maximum absolute atomic E-state index is 6.00. The number of methoxy groups -OCH3 is 2. The van der Waals surface area contributed by atoms with E-state index in [-0.39, 0.29) is 0 Å². The molecule has 0 heterocycles. The Hall–Kier alpha value is -1.38. The largest absolute Gasteiger partial charge is 0.495 e. The van der Waals surface area contributed by atoms with Crippen LogP contribution in [0.2, 0.25) is 10.0 Å². The van der Waals surface area contributed by atoms with Crippen LogP contribution in [0, 0.1) is 0 Å². The number of hydrogen-bond acceptors (Lipinski definition) is 2. The summed E-state index contributed by atoms with van der Waals surface area (Å²) in [6, 6.07) is 11.2. The number of rotatable bonds is 3. The molecule has 0 N–H and O–H groups in total. The molecule has 0 amide bonds. The van der Waals surface area contributed by atoms with Gasteiger partial charge in [-0.3, -0.25) is 0 Å². The number of benzene rings is 2. The molecule has 0 saturated carbocycles. The van der Waals surface area contributed by atoms with Gasteiger partial charge in [-0.1, -0.05) is 35.3 Å². The summed E-state index contributed by atoms with van der Waals surface area (Å²) in [5, 5.41) is 1.17. The van der Waals surface area contributed by atoms with E-state index in [4.69, 9.17) is 32.7 Å². The molecule has 2 aromatic rings. The number of hydrogen-bond donors (Lipinski definition) is 0. The van der Waals surface area contributed by atoms with Gasteiger partial charge in [0.05, 0.1) is 24.3 Å². The van der Waals surface area contributed by atoms with Crippen molar-refractivity contribution >= 4 is 23.2 Å². The van der Waals surface area contributed by atoms with Crippen LogP contribution in [-0.2, 0) is 0 Å². The van der Waals surface area contributed by atoms with E-state index in [2.05, 4.69) is 0 Å². The number of halogens is 2. The summed E-state index contributed by atoms with van der Waals surface area (Å²) in [4.78, 5) is 0. The first kappa shape index (κ1) is 13.1. The predicted molar refractivity (Wildman–Crippen MR) is 75.0 cm³/mol. The molecule has 0 aliphatic heterocycles. The van der Waals surface area contributed by atoms with Crippen molar-refractivity contribution in [3.63, 3.8) is 0 Å². The second-order valence-electron chi connectivity index (χ2n) is 3.70. The quantitative estimate of drug-likeness (QED) is 0.814. The minimum Gasteiger partial charge on any atom is -0.495 e. The zero-order valence-corrected chi connectivity index (χ0v) is 11.5. The summed E-state index contributed by atoms with van der Waals surface area (Å²) in [6.07, 6.45) is 0. The molecular weight excluding hydrogens is 271 g/mol. The van der Waals surface area contributed by atoms with Crippen molar-refractivity contribution in [2.75, 3.05) is 14.2 Å². The van der Waals surface area contributed by atoms with Crippen molar-refractivity contribution in [3.8, 4) is 22.6 Å². The van der Waals surface area contributed by atoms with Crippen molar-refractivity contribution in [1.82, 2.24) is 0 Å². The minimum atomic E-state index is 0.585. The van der Waals surface area contributed by atoms with Crippen LogP contribution in [0.4, 0.5) is 0 Å². The van der Waals surface area contributed by atoms with Gasteiger partial charge in [-0.25, -0.2) is 0 Å². The van der Waals surface area contributed by atoms with Crippen LogP contribution in [0.1, 0.15) is 0 Å². The van der Waals surface area contributed by atoms with Gasteiger partial charge < -0.3 is 9.47 Å². The maximum Gasteiger partial charge on any atom is 0.138 e. The first-order chi connectivity index (χ1) is 8.65. The molecule has 0 aliphatic carbocycles. The lowest BCUT2D eigenvalue weighted by Gasteiger charge is -2.09. The molecule has 0 saturated heterocycles. The molecule has 0 unspecified atom stereocenters. The Morgan fingerprint density at radius 2 is 1.11 bits per heavy atom. The first-order valence-corrected chi connectivity index (χ1v) is 6.08. The molecule has 18 heavy (non-hydrogen) atoms. The molecule has 0 spiro atoms. The Balaban J connectivity index is 2.48. The van der Waals surface area contributed by atoms with Crippen LogP contribution in [0.5, 0.6) is 11.5 Å². The Morgan fingerprint density at radius 1 is 0.722 bits per heavy atom. The lowest BCUT2D eigenvalue weighted by Crippen LogP contribution is -1.88. The molecule has 0 bridgehead atoms. The molecule has 4 heteroatoms. The monoisotopic (exact) mass is 282 g/mol. The van der Waals surface area contributed by atoms with Crippen LogP contribution in [0.15, 0.2) is 36.4 Å². The van der Waals surface area contributed by atoms with Crippen molar-refractivity contribution in [2.45, 2.75) is 0 Å². The highest BCUT2D eigenvalue weighted by atomic mass is 35.5. The normalized spacial score (nSPS) is 10.2. The second kappa shape index (κ2) is 5.51. The molecule has 0 aliphatic rings. The van der Waals surface area contributed by atoms with Gasteiger partial charge in [0.1, 0.15) is 11.5 Å². The van der Waals surface area contributed by atoms with Gasteiger partial charge in [0, 0.05) is 0 Å². The molecule has 0 atom stereocenters. The van der Waals surface area contributed by atoms with E-state index < -0.39 is 0 Å². The fourth-order valence-corrected chi connectivity index (χ4v) is 2.07. The van der Waals surface area contributed by atoms with Gasteiger partial charge >= 0.3 is 0 Å². The van der Waals surface area contributed by atoms with E-state index in [1.807, 2.05) is 24.3 Å². The standard InChI is InChI=1S/C14H12Cl2O2/c1-17-13-7-9(3-5-11(13)15)10-4-6-12(16)14(8-10)18-2/h3-8H,1-2H3. The molecule has 2 rings (SSSR count). The van der Waals surface area contributed by atoms with Crippen LogP contribution < -0.4 is 9.47 Å². The predicted octanol–water partition coefficient (Wildman–Crippen LogP) is 4.68. The summed E-state index contributed by atoms with van der Waals surface area (Å²) in [6.45, 7) is 0. The third-order valence-electron chi connectivity index (χ3n) is 2.64. The van der Waals surface area contributed by atoms with Crippen molar-refractivity contribution in [1.29, 1.82) is 0 Å². The molecule has 94 valence electrons. The first-order valence-electron chi connectivity index (χ1n) is 5.33. The zero-order chi connectivity index (χ0) is 13.1. The summed E-state index contributed by atoms with van der Waals surface area (Å²) in [5.74, 6) is 1.28. The highest BCUT2D eigenvalue weighted by Crippen LogP contribution is 2.34. The van der Waals surface area contributed by atoms with Crippen LogP contribution in [0.25, 0.3) is 11.1 Å². The van der Waals surface area contributed by atoms with Gasteiger partial charge in [-0.05, 0) is 35.4 Å². The third-order valence-corrected chi connectivity index (χ3v) is 3.26. The molecular formula is C14H12Cl2O2. The Labute approximate surface area is 116 Å². The van der Waals surface area contributed by atoms with Gasteiger partial charge in [0.15, 0.2) is 0 Å². The van der Waals surface area contributed by atoms with Crippen molar-refractivity contribution < 1.29 is 9.47 Å². The van der Waals surface area contributed by atoms with Crippen LogP contribution in [0.3, 0.4) is 0 Å². The summed E-state index contributed by atoms with van der Waals surface area (Å²) in [7, 11) is 3.18. The van der Waals surface area contributed by atoms with Crippen molar-refractivity contribution in [3.05, 3.63) is 46.4 Å². The minimum absolute atomic E-state index is 0.585. The van der Waals surface area contributed by atoms with E-state index in [9.17, 15) is 0 Å². The lowest BCUT2D eigenvalue weighted by molar-refractivity contribution is 0.414. The molecule has 0 radical (unpaired) electrons. The van der Waals surface area contributed by atoms with Gasteiger partial charge in [0.2, 0.25) is 0 Å². The van der Waals surface area contributed by atoms with E-state index in [0.29, 0.717) is 21.5 Å². The van der Waals surface area contributed by atoms with Crippen LogP contribution in [-0.4, -0.2) is 14.2 Å².